The molecule has 2 atom stereocenters. The van der Waals surface area contributed by atoms with Crippen LogP contribution < -0.4 is 0 Å². The molecule has 2 nitrogen and oxygen atoms in total. The van der Waals surface area contributed by atoms with Crippen molar-refractivity contribution < 1.29 is 9.22 Å². The molecule has 1 aromatic carbocycles. The van der Waals surface area contributed by atoms with Gasteiger partial charge in [-0.1, -0.05) is 30.3 Å². The Morgan fingerprint density at radius 3 is 2.39 bits per heavy atom. The quantitative estimate of drug-likeness (QED) is 0.768. The molecule has 1 fully saturated rings. The molecule has 0 saturated heterocycles. The molecule has 1 aromatic rings. The summed E-state index contributed by atoms with van der Waals surface area (Å²) in [5.41, 5.74) is 1.15. The van der Waals surface area contributed by atoms with Gasteiger partial charge < -0.3 is 4.43 Å². The second kappa shape index (κ2) is 5.37. The summed E-state index contributed by atoms with van der Waals surface area (Å²) in [5.74, 6) is 0.446. The minimum atomic E-state index is -1.65. The van der Waals surface area contributed by atoms with E-state index < -0.39 is 8.32 Å². The van der Waals surface area contributed by atoms with Crippen molar-refractivity contribution >= 4 is 14.1 Å². The lowest BCUT2D eigenvalue weighted by atomic mass is 9.94. The number of Topliss-reactive ketones (excluding diaryl/α,β-unsaturated/α-hetero) is 1. The van der Waals surface area contributed by atoms with Gasteiger partial charge >= 0.3 is 0 Å². The van der Waals surface area contributed by atoms with Crippen molar-refractivity contribution in [1.29, 1.82) is 0 Å². The Kier molecular flexibility index (Phi) is 4.03. The molecule has 2 unspecified atom stereocenters. The molecule has 0 aliphatic heterocycles. The van der Waals surface area contributed by atoms with Gasteiger partial charge in [0.15, 0.2) is 8.32 Å². The Balaban J connectivity index is 2.26. The van der Waals surface area contributed by atoms with E-state index in [-0.39, 0.29) is 12.0 Å². The Hall–Kier alpha value is -0.933. The van der Waals surface area contributed by atoms with E-state index >= 15 is 0 Å². The van der Waals surface area contributed by atoms with Crippen LogP contribution in [0.1, 0.15) is 30.9 Å². The highest BCUT2D eigenvalue weighted by molar-refractivity contribution is 6.69. The Bertz CT molecular complexity index is 408. The second-order valence-corrected chi connectivity index (χ2v) is 10.5. The van der Waals surface area contributed by atoms with E-state index in [4.69, 9.17) is 4.43 Å². The van der Waals surface area contributed by atoms with Gasteiger partial charge in [-0.15, -0.1) is 0 Å². The molecule has 1 saturated carbocycles. The van der Waals surface area contributed by atoms with Crippen LogP contribution in [0.2, 0.25) is 19.6 Å². The highest BCUT2D eigenvalue weighted by atomic mass is 28.4. The normalized spacial score (nSPS) is 22.2. The van der Waals surface area contributed by atoms with Crippen molar-refractivity contribution in [3.05, 3.63) is 35.9 Å². The maximum absolute atomic E-state index is 12.0. The van der Waals surface area contributed by atoms with E-state index in [1.54, 1.807) is 0 Å². The van der Waals surface area contributed by atoms with Crippen LogP contribution in [0.25, 0.3) is 0 Å². The fraction of sp³-hybridized carbons (Fsp3) is 0.533. The van der Waals surface area contributed by atoms with Gasteiger partial charge in [0.25, 0.3) is 0 Å². The van der Waals surface area contributed by atoms with Crippen LogP contribution in [0.3, 0.4) is 0 Å². The van der Waals surface area contributed by atoms with Gasteiger partial charge in [-0.2, -0.15) is 0 Å². The average Bonchev–Trinajstić information content (AvgIpc) is 2.72. The van der Waals surface area contributed by atoms with Crippen molar-refractivity contribution in [1.82, 2.24) is 0 Å². The summed E-state index contributed by atoms with van der Waals surface area (Å²) in [6, 6.07) is 10.2. The second-order valence-electron chi connectivity index (χ2n) is 6.03. The van der Waals surface area contributed by atoms with E-state index in [0.717, 1.165) is 24.8 Å². The highest BCUT2D eigenvalue weighted by Gasteiger charge is 2.36. The number of hydrogen-bond acceptors (Lipinski definition) is 2. The third-order valence-corrected chi connectivity index (χ3v) is 4.29. The van der Waals surface area contributed by atoms with Gasteiger partial charge in [0.05, 0.1) is 6.10 Å². The minimum Gasteiger partial charge on any atom is -0.410 e. The van der Waals surface area contributed by atoms with Crippen LogP contribution in [0.4, 0.5) is 0 Å². The summed E-state index contributed by atoms with van der Waals surface area (Å²) in [7, 11) is -1.65. The van der Waals surface area contributed by atoms with Crippen LogP contribution in [0, 0.1) is 5.92 Å². The third kappa shape index (κ3) is 3.30. The maximum Gasteiger partial charge on any atom is 0.184 e. The topological polar surface area (TPSA) is 26.3 Å². The number of carbonyl (C=O) groups is 1. The molecule has 0 aromatic heterocycles. The van der Waals surface area contributed by atoms with Crippen molar-refractivity contribution in [2.24, 2.45) is 5.92 Å². The van der Waals surface area contributed by atoms with Crippen LogP contribution in [-0.2, 0) is 9.22 Å². The summed E-state index contributed by atoms with van der Waals surface area (Å²) in [6.45, 7) is 6.55. The van der Waals surface area contributed by atoms with Gasteiger partial charge in [-0.3, -0.25) is 4.79 Å². The van der Waals surface area contributed by atoms with E-state index in [1.807, 2.05) is 18.2 Å². The molecule has 0 spiro atoms. The van der Waals surface area contributed by atoms with Gasteiger partial charge in [-0.25, -0.2) is 0 Å². The summed E-state index contributed by atoms with van der Waals surface area (Å²) in [5, 5.41) is 0. The smallest absolute Gasteiger partial charge is 0.184 e. The largest absolute Gasteiger partial charge is 0.410 e. The first-order valence-electron chi connectivity index (χ1n) is 6.73. The first-order valence-corrected chi connectivity index (χ1v) is 10.1. The fourth-order valence-corrected chi connectivity index (χ4v) is 3.63. The standard InChI is InChI=1S/C15H22O2Si/c1-18(2,3)17-15(12-8-5-4-6-9-12)13-10-7-11-14(13)16/h4-6,8-9,13,15H,7,10-11H2,1-3H3. The number of rotatable bonds is 4. The zero-order chi connectivity index (χ0) is 13.2. The monoisotopic (exact) mass is 262 g/mol. The zero-order valence-corrected chi connectivity index (χ0v) is 12.5. The lowest BCUT2D eigenvalue weighted by Crippen LogP contribution is -2.32. The van der Waals surface area contributed by atoms with E-state index in [9.17, 15) is 4.79 Å². The van der Waals surface area contributed by atoms with Crippen LogP contribution in [-0.4, -0.2) is 14.1 Å². The predicted octanol–water partition coefficient (Wildman–Crippen LogP) is 3.95. The molecule has 0 amide bonds. The van der Waals surface area contributed by atoms with Crippen molar-refractivity contribution in [3.8, 4) is 0 Å². The average molecular weight is 262 g/mol. The van der Waals surface area contributed by atoms with Crippen molar-refractivity contribution in [2.45, 2.75) is 45.0 Å². The molecular weight excluding hydrogens is 240 g/mol. The number of ketones is 1. The van der Waals surface area contributed by atoms with E-state index in [1.165, 1.54) is 0 Å². The van der Waals surface area contributed by atoms with Crippen molar-refractivity contribution in [2.75, 3.05) is 0 Å². The van der Waals surface area contributed by atoms with Gasteiger partial charge in [0, 0.05) is 12.3 Å². The zero-order valence-electron chi connectivity index (χ0n) is 11.5. The Morgan fingerprint density at radius 2 is 1.89 bits per heavy atom. The number of benzene rings is 1. The molecule has 0 heterocycles. The van der Waals surface area contributed by atoms with Crippen LogP contribution >= 0.6 is 0 Å². The first kappa shape index (κ1) is 13.5. The molecule has 1 aliphatic carbocycles. The van der Waals surface area contributed by atoms with Gasteiger partial charge in [0.2, 0.25) is 0 Å². The number of hydrogen-bond donors (Lipinski definition) is 0. The summed E-state index contributed by atoms with van der Waals surface area (Å²) >= 11 is 0. The molecular formula is C15H22O2Si. The van der Waals surface area contributed by atoms with Gasteiger partial charge in [-0.05, 0) is 38.0 Å². The lowest BCUT2D eigenvalue weighted by molar-refractivity contribution is -0.123. The predicted molar refractivity (Wildman–Crippen MR) is 76.0 cm³/mol. The fourth-order valence-electron chi connectivity index (χ4n) is 2.57. The molecule has 2 rings (SSSR count). The molecule has 98 valence electrons. The maximum atomic E-state index is 12.0. The Labute approximate surface area is 110 Å². The number of carbonyl (C=O) groups excluding carboxylic acids is 1. The van der Waals surface area contributed by atoms with Crippen LogP contribution in [0.5, 0.6) is 0 Å². The Morgan fingerprint density at radius 1 is 1.22 bits per heavy atom. The molecule has 18 heavy (non-hydrogen) atoms. The van der Waals surface area contributed by atoms with E-state index in [2.05, 4.69) is 31.8 Å². The SMILES string of the molecule is C[Si](C)(C)OC(c1ccccc1)C1CCCC1=O. The van der Waals surface area contributed by atoms with Gasteiger partial charge in [0.1, 0.15) is 5.78 Å². The minimum absolute atomic E-state index is 0.0344. The molecule has 1 aliphatic rings. The van der Waals surface area contributed by atoms with Crippen LogP contribution in [0.15, 0.2) is 30.3 Å². The summed E-state index contributed by atoms with van der Waals surface area (Å²) in [6.07, 6.45) is 2.68. The molecule has 3 heteroatoms. The van der Waals surface area contributed by atoms with E-state index in [0.29, 0.717) is 5.78 Å². The molecule has 0 bridgehead atoms. The highest BCUT2D eigenvalue weighted by Crippen LogP contribution is 2.37. The molecule has 0 N–H and O–H groups in total. The third-order valence-electron chi connectivity index (χ3n) is 3.33. The van der Waals surface area contributed by atoms with Crippen molar-refractivity contribution in [3.63, 3.8) is 0 Å². The first-order chi connectivity index (χ1) is 8.47. The molecule has 0 radical (unpaired) electrons. The summed E-state index contributed by atoms with van der Waals surface area (Å²) in [4.78, 5) is 12.0. The summed E-state index contributed by atoms with van der Waals surface area (Å²) < 4.78 is 6.30. The lowest BCUT2D eigenvalue weighted by Gasteiger charge is -2.30.